The molecule has 0 nitrogen and oxygen atoms in total. The molecule has 0 aliphatic carbocycles. The first-order valence-corrected chi connectivity index (χ1v) is 5.55. The van der Waals surface area contributed by atoms with Gasteiger partial charge < -0.3 is 0 Å². The Morgan fingerprint density at radius 2 is 1.41 bits per heavy atom. The van der Waals surface area contributed by atoms with Crippen molar-refractivity contribution in [2.45, 2.75) is 47.7 Å². The maximum Gasteiger partial charge on any atom is 0.416 e. The second kappa shape index (κ2) is 11.4. The Hall–Kier alpha value is -1.06. The molecule has 0 spiro atoms. The van der Waals surface area contributed by atoms with Crippen LogP contribution in [0.4, 0.5) is 17.6 Å². The largest absolute Gasteiger partial charge is 0.416 e. The molecule has 0 saturated carbocycles. The predicted octanol–water partition coefficient (Wildman–Crippen LogP) is 5.98. The summed E-state index contributed by atoms with van der Waals surface area (Å²) in [7, 11) is 0. The lowest BCUT2D eigenvalue weighted by molar-refractivity contribution is -0.0884. The minimum Gasteiger partial charge on any atom is -0.207 e. The maximum atomic E-state index is 12.7. The standard InChI is InChI=1S/C9H10F4.2C2H6/c1-4-7(9(11,12)13)5-8(10)6(2)3;2*1-2/h4-5H,2H2,1,3H3;2*1-2H3/b7-4+,8-5+;;. The second-order valence-corrected chi connectivity index (χ2v) is 2.51. The van der Waals surface area contributed by atoms with Crippen molar-refractivity contribution in [2.75, 3.05) is 0 Å². The smallest absolute Gasteiger partial charge is 0.207 e. The van der Waals surface area contributed by atoms with Crippen molar-refractivity contribution < 1.29 is 17.6 Å². The highest BCUT2D eigenvalue weighted by Crippen LogP contribution is 2.28. The van der Waals surface area contributed by atoms with Gasteiger partial charge >= 0.3 is 6.18 Å². The summed E-state index contributed by atoms with van der Waals surface area (Å²) in [6, 6.07) is 0. The van der Waals surface area contributed by atoms with E-state index in [2.05, 4.69) is 6.58 Å². The lowest BCUT2D eigenvalue weighted by atomic mass is 10.2. The molecular weight excluding hydrogens is 232 g/mol. The Labute approximate surface area is 102 Å². The first kappa shape index (κ1) is 21.2. The van der Waals surface area contributed by atoms with E-state index >= 15 is 0 Å². The third-order valence-electron chi connectivity index (χ3n) is 1.33. The van der Waals surface area contributed by atoms with Crippen LogP contribution in [0.5, 0.6) is 0 Å². The van der Waals surface area contributed by atoms with Crippen LogP contribution in [-0.4, -0.2) is 6.18 Å². The monoisotopic (exact) mass is 254 g/mol. The highest BCUT2D eigenvalue weighted by atomic mass is 19.4. The molecule has 4 heteroatoms. The Balaban J connectivity index is -0.000000439. The molecule has 0 radical (unpaired) electrons. The van der Waals surface area contributed by atoms with Gasteiger partial charge in [0, 0.05) is 0 Å². The van der Waals surface area contributed by atoms with Crippen LogP contribution in [0.2, 0.25) is 0 Å². The van der Waals surface area contributed by atoms with Gasteiger partial charge in [0.15, 0.2) is 0 Å². The zero-order chi connectivity index (χ0) is 14.6. The summed E-state index contributed by atoms with van der Waals surface area (Å²) in [5, 5.41) is 0. The molecule has 0 atom stereocenters. The molecule has 0 amide bonds. The van der Waals surface area contributed by atoms with Crippen molar-refractivity contribution >= 4 is 0 Å². The van der Waals surface area contributed by atoms with Crippen LogP contribution in [0, 0.1) is 0 Å². The number of alkyl halides is 3. The first-order chi connectivity index (χ1) is 7.79. The molecule has 0 aliphatic rings. The van der Waals surface area contributed by atoms with Crippen molar-refractivity contribution in [1.82, 2.24) is 0 Å². The normalized spacial score (nSPS) is 11.9. The van der Waals surface area contributed by atoms with Crippen LogP contribution in [0.1, 0.15) is 41.5 Å². The van der Waals surface area contributed by atoms with E-state index in [9.17, 15) is 17.6 Å². The molecule has 0 aromatic rings. The molecule has 0 N–H and O–H groups in total. The summed E-state index contributed by atoms with van der Waals surface area (Å²) in [5.41, 5.74) is -1.03. The van der Waals surface area contributed by atoms with Crippen LogP contribution >= 0.6 is 0 Å². The third-order valence-corrected chi connectivity index (χ3v) is 1.33. The fourth-order valence-electron chi connectivity index (χ4n) is 0.589. The molecule has 0 fully saturated rings. The zero-order valence-electron chi connectivity index (χ0n) is 11.4. The molecule has 0 aromatic carbocycles. The molecule has 0 bridgehead atoms. The highest BCUT2D eigenvalue weighted by Gasteiger charge is 2.31. The number of halogens is 4. The average Bonchev–Trinajstić information content (AvgIpc) is 2.29. The Bertz CT molecular complexity index is 257. The third kappa shape index (κ3) is 11.2. The average molecular weight is 254 g/mol. The van der Waals surface area contributed by atoms with Gasteiger partial charge in [-0.1, -0.05) is 40.3 Å². The van der Waals surface area contributed by atoms with Gasteiger partial charge in [0.1, 0.15) is 5.83 Å². The van der Waals surface area contributed by atoms with Gasteiger partial charge in [-0.2, -0.15) is 13.2 Å². The molecule has 0 heterocycles. The van der Waals surface area contributed by atoms with Crippen molar-refractivity contribution in [3.05, 3.63) is 35.7 Å². The number of allylic oxidation sites excluding steroid dienone is 5. The molecule has 17 heavy (non-hydrogen) atoms. The van der Waals surface area contributed by atoms with Gasteiger partial charge in [0.25, 0.3) is 0 Å². The van der Waals surface area contributed by atoms with E-state index in [0.29, 0.717) is 6.08 Å². The zero-order valence-corrected chi connectivity index (χ0v) is 11.4. The van der Waals surface area contributed by atoms with Crippen molar-refractivity contribution in [3.63, 3.8) is 0 Å². The van der Waals surface area contributed by atoms with E-state index in [0.717, 1.165) is 6.08 Å². The van der Waals surface area contributed by atoms with Gasteiger partial charge in [-0.3, -0.25) is 0 Å². The van der Waals surface area contributed by atoms with Gasteiger partial charge in [-0.25, -0.2) is 4.39 Å². The van der Waals surface area contributed by atoms with E-state index in [-0.39, 0.29) is 5.57 Å². The molecule has 102 valence electrons. The summed E-state index contributed by atoms with van der Waals surface area (Å²) in [5.74, 6) is -0.953. The predicted molar refractivity (Wildman–Crippen MR) is 66.5 cm³/mol. The molecular formula is C13H22F4. The minimum atomic E-state index is -4.51. The first-order valence-electron chi connectivity index (χ1n) is 5.55. The van der Waals surface area contributed by atoms with E-state index in [1.165, 1.54) is 13.8 Å². The summed E-state index contributed by atoms with van der Waals surface area (Å²) in [6.07, 6.45) is -3.27. The van der Waals surface area contributed by atoms with Gasteiger partial charge in [0.2, 0.25) is 0 Å². The summed E-state index contributed by atoms with van der Waals surface area (Å²) >= 11 is 0. The summed E-state index contributed by atoms with van der Waals surface area (Å²) < 4.78 is 48.8. The van der Waals surface area contributed by atoms with Crippen molar-refractivity contribution in [2.24, 2.45) is 0 Å². The molecule has 0 unspecified atom stereocenters. The number of hydrogen-bond acceptors (Lipinski definition) is 0. The number of hydrogen-bond donors (Lipinski definition) is 0. The minimum absolute atomic E-state index is 0.0244. The van der Waals surface area contributed by atoms with E-state index in [4.69, 9.17) is 0 Å². The second-order valence-electron chi connectivity index (χ2n) is 2.51. The van der Waals surface area contributed by atoms with E-state index in [1.54, 1.807) is 0 Å². The summed E-state index contributed by atoms with van der Waals surface area (Å²) in [4.78, 5) is 0. The van der Waals surface area contributed by atoms with Crippen LogP contribution < -0.4 is 0 Å². The van der Waals surface area contributed by atoms with Crippen LogP contribution in [0.25, 0.3) is 0 Å². The molecule has 0 saturated heterocycles. The van der Waals surface area contributed by atoms with Crippen LogP contribution in [0.3, 0.4) is 0 Å². The van der Waals surface area contributed by atoms with Crippen molar-refractivity contribution in [1.29, 1.82) is 0 Å². The Morgan fingerprint density at radius 3 is 1.59 bits per heavy atom. The quantitative estimate of drug-likeness (QED) is 0.420. The molecule has 0 rings (SSSR count). The summed E-state index contributed by atoms with van der Waals surface area (Å²) in [6.45, 7) is 13.7. The SMILES string of the molecule is C=C(C)/C(F)=C\C(=C/C)C(F)(F)F.CC.CC. The maximum absolute atomic E-state index is 12.7. The molecule has 0 aliphatic heterocycles. The van der Waals surface area contributed by atoms with Gasteiger partial charge in [0.05, 0.1) is 5.57 Å². The lowest BCUT2D eigenvalue weighted by Gasteiger charge is -2.06. The lowest BCUT2D eigenvalue weighted by Crippen LogP contribution is -2.09. The van der Waals surface area contributed by atoms with Crippen molar-refractivity contribution in [3.8, 4) is 0 Å². The van der Waals surface area contributed by atoms with E-state index < -0.39 is 17.6 Å². The van der Waals surface area contributed by atoms with Crippen LogP contribution in [0.15, 0.2) is 35.7 Å². The number of rotatable bonds is 2. The van der Waals surface area contributed by atoms with E-state index in [1.807, 2.05) is 27.7 Å². The Morgan fingerprint density at radius 1 is 1.06 bits per heavy atom. The topological polar surface area (TPSA) is 0 Å². The highest BCUT2D eigenvalue weighted by molar-refractivity contribution is 5.32. The van der Waals surface area contributed by atoms with Gasteiger partial charge in [-0.15, -0.1) is 0 Å². The molecule has 0 aromatic heterocycles. The fourth-order valence-corrected chi connectivity index (χ4v) is 0.589. The van der Waals surface area contributed by atoms with Gasteiger partial charge in [-0.05, 0) is 25.5 Å². The Kier molecular flexibility index (Phi) is 14.3. The van der Waals surface area contributed by atoms with Crippen LogP contribution in [-0.2, 0) is 0 Å². The fraction of sp³-hybridized carbons (Fsp3) is 0.538.